The summed E-state index contributed by atoms with van der Waals surface area (Å²) in [5.74, 6) is 0. The average Bonchev–Trinajstić information content (AvgIpc) is 2.08. The van der Waals surface area contributed by atoms with E-state index < -0.39 is 0 Å². The second kappa shape index (κ2) is 16.6. The molecule has 2 heteroatoms. The second-order valence-corrected chi connectivity index (χ2v) is 2.01. The van der Waals surface area contributed by atoms with Gasteiger partial charge in [0.25, 0.3) is 0 Å². The molecule has 0 aromatic rings. The molecule has 0 radical (unpaired) electrons. The maximum absolute atomic E-state index is 4.84. The molecular weight excluding hydrogens is 152 g/mol. The van der Waals surface area contributed by atoms with Crippen LogP contribution in [0.5, 0.6) is 0 Å². The first kappa shape index (κ1) is 13.7. The number of unbranched alkanes of at least 4 members (excludes halogenated alkanes) is 1. The smallest absolute Gasteiger partial charge is 0.0872 e. The molecule has 0 unspecified atom stereocenters. The molecule has 0 aliphatic heterocycles. The van der Waals surface area contributed by atoms with Crippen LogP contribution >= 0.6 is 0 Å². The van der Waals surface area contributed by atoms with Gasteiger partial charge in [-0.3, -0.25) is 0 Å². The van der Waals surface area contributed by atoms with Crippen molar-refractivity contribution in [2.75, 3.05) is 13.2 Å². The molecule has 2 nitrogen and oxygen atoms in total. The van der Waals surface area contributed by atoms with E-state index in [1.54, 1.807) is 0 Å². The monoisotopic (exact) mass is 172 g/mol. The van der Waals surface area contributed by atoms with Crippen LogP contribution in [0.2, 0.25) is 0 Å². The Labute approximate surface area is 75.9 Å². The van der Waals surface area contributed by atoms with Gasteiger partial charge in [-0.15, -0.1) is 0 Å². The largest absolute Gasteiger partial charge is 0.502 e. The lowest BCUT2D eigenvalue weighted by atomic mass is 10.4. The van der Waals surface area contributed by atoms with Crippen LogP contribution in [0.3, 0.4) is 0 Å². The lowest BCUT2D eigenvalue weighted by Gasteiger charge is -1.93. The van der Waals surface area contributed by atoms with Gasteiger partial charge in [0.2, 0.25) is 0 Å². The van der Waals surface area contributed by atoms with E-state index in [1.165, 1.54) is 18.9 Å². The summed E-state index contributed by atoms with van der Waals surface area (Å²) in [6, 6.07) is 0. The van der Waals surface area contributed by atoms with E-state index in [0.717, 1.165) is 19.6 Å². The zero-order valence-electron chi connectivity index (χ0n) is 8.21. The zero-order valence-corrected chi connectivity index (χ0v) is 8.21. The first-order chi connectivity index (χ1) is 5.83. The van der Waals surface area contributed by atoms with Crippen molar-refractivity contribution in [1.29, 1.82) is 0 Å². The van der Waals surface area contributed by atoms with Gasteiger partial charge in [-0.2, -0.15) is 0 Å². The fourth-order valence-corrected chi connectivity index (χ4v) is 0.429. The van der Waals surface area contributed by atoms with Crippen LogP contribution in [-0.2, 0) is 9.47 Å². The average molecular weight is 172 g/mol. The summed E-state index contributed by atoms with van der Waals surface area (Å²) in [7, 11) is 0. The Morgan fingerprint density at radius 1 is 1.08 bits per heavy atom. The van der Waals surface area contributed by atoms with Gasteiger partial charge < -0.3 is 9.47 Å². The Hall–Kier alpha value is -0.920. The van der Waals surface area contributed by atoms with E-state index in [-0.39, 0.29) is 0 Å². The number of rotatable bonds is 6. The molecule has 0 bridgehead atoms. The van der Waals surface area contributed by atoms with Crippen molar-refractivity contribution < 1.29 is 9.47 Å². The predicted octanol–water partition coefficient (Wildman–Crippen LogP) is 3.11. The summed E-state index contributed by atoms with van der Waals surface area (Å²) in [4.78, 5) is 0. The summed E-state index contributed by atoms with van der Waals surface area (Å²) in [6.07, 6.45) is 5.23. The summed E-state index contributed by atoms with van der Waals surface area (Å²) in [6.45, 7) is 12.3. The fourth-order valence-electron chi connectivity index (χ4n) is 0.429. The molecule has 0 heterocycles. The van der Waals surface area contributed by atoms with Gasteiger partial charge in [0, 0.05) is 0 Å². The molecule has 0 fully saturated rings. The Kier molecular flexibility index (Phi) is 18.9. The van der Waals surface area contributed by atoms with Crippen LogP contribution in [0.25, 0.3) is 0 Å². The molecule has 0 saturated carbocycles. The van der Waals surface area contributed by atoms with E-state index in [4.69, 9.17) is 4.74 Å². The Balaban J connectivity index is 0. The van der Waals surface area contributed by atoms with Gasteiger partial charge in [-0.05, 0) is 13.3 Å². The van der Waals surface area contributed by atoms with Gasteiger partial charge in [0.15, 0.2) is 0 Å². The fraction of sp³-hybridized carbons (Fsp3) is 0.600. The SMILES string of the molecule is C=COCC.C=COCCCC. The van der Waals surface area contributed by atoms with Gasteiger partial charge in [-0.1, -0.05) is 26.5 Å². The lowest BCUT2D eigenvalue weighted by Crippen LogP contribution is -1.83. The van der Waals surface area contributed by atoms with E-state index in [1.807, 2.05) is 6.92 Å². The van der Waals surface area contributed by atoms with Crippen LogP contribution < -0.4 is 0 Å². The first-order valence-electron chi connectivity index (χ1n) is 4.28. The third kappa shape index (κ3) is 23.0. The second-order valence-electron chi connectivity index (χ2n) is 2.01. The molecule has 0 aliphatic carbocycles. The van der Waals surface area contributed by atoms with Gasteiger partial charge in [0.05, 0.1) is 25.7 Å². The molecule has 0 N–H and O–H groups in total. The van der Waals surface area contributed by atoms with Crippen molar-refractivity contribution in [2.45, 2.75) is 26.7 Å². The Bertz CT molecular complexity index is 89.8. The zero-order chi connectivity index (χ0) is 9.66. The predicted molar refractivity (Wildman–Crippen MR) is 52.9 cm³/mol. The summed E-state index contributed by atoms with van der Waals surface area (Å²) < 4.78 is 9.43. The van der Waals surface area contributed by atoms with E-state index in [2.05, 4.69) is 24.8 Å². The Morgan fingerprint density at radius 2 is 1.67 bits per heavy atom. The highest BCUT2D eigenvalue weighted by Crippen LogP contribution is 1.85. The van der Waals surface area contributed by atoms with E-state index in [9.17, 15) is 0 Å². The highest BCUT2D eigenvalue weighted by atomic mass is 16.5. The number of hydrogen-bond acceptors (Lipinski definition) is 2. The first-order valence-corrected chi connectivity index (χ1v) is 4.28. The molecular formula is C10H20O2. The van der Waals surface area contributed by atoms with Gasteiger partial charge in [-0.25, -0.2) is 0 Å². The van der Waals surface area contributed by atoms with E-state index >= 15 is 0 Å². The van der Waals surface area contributed by atoms with E-state index in [0.29, 0.717) is 0 Å². The van der Waals surface area contributed by atoms with Gasteiger partial charge >= 0.3 is 0 Å². The molecule has 0 amide bonds. The van der Waals surface area contributed by atoms with Crippen LogP contribution in [0.1, 0.15) is 26.7 Å². The van der Waals surface area contributed by atoms with Crippen molar-refractivity contribution in [1.82, 2.24) is 0 Å². The van der Waals surface area contributed by atoms with Crippen molar-refractivity contribution in [3.63, 3.8) is 0 Å². The minimum absolute atomic E-state index is 0.726. The van der Waals surface area contributed by atoms with Crippen molar-refractivity contribution in [3.8, 4) is 0 Å². The van der Waals surface area contributed by atoms with Gasteiger partial charge in [0.1, 0.15) is 0 Å². The summed E-state index contributed by atoms with van der Waals surface area (Å²) in [5.41, 5.74) is 0. The number of ether oxygens (including phenoxy) is 2. The molecule has 0 aromatic heterocycles. The summed E-state index contributed by atoms with van der Waals surface area (Å²) >= 11 is 0. The summed E-state index contributed by atoms with van der Waals surface area (Å²) in [5, 5.41) is 0. The maximum atomic E-state index is 4.84. The highest BCUT2D eigenvalue weighted by Gasteiger charge is 1.76. The molecule has 72 valence electrons. The highest BCUT2D eigenvalue weighted by molar-refractivity contribution is 4.47. The minimum Gasteiger partial charge on any atom is -0.502 e. The molecule has 12 heavy (non-hydrogen) atoms. The molecule has 0 aliphatic rings. The van der Waals surface area contributed by atoms with Crippen LogP contribution in [-0.4, -0.2) is 13.2 Å². The molecule has 0 saturated heterocycles. The standard InChI is InChI=1S/C6H12O.C4H8O/c1-3-5-6-7-4-2;1-3-5-4-2/h4H,2-3,5-6H2,1H3;3H,1,4H2,2H3. The van der Waals surface area contributed by atoms with Crippen LogP contribution in [0.4, 0.5) is 0 Å². The van der Waals surface area contributed by atoms with Crippen LogP contribution in [0, 0.1) is 0 Å². The molecule has 0 spiro atoms. The molecule has 0 atom stereocenters. The number of hydrogen-bond donors (Lipinski definition) is 0. The maximum Gasteiger partial charge on any atom is 0.0872 e. The van der Waals surface area contributed by atoms with Crippen molar-refractivity contribution in [3.05, 3.63) is 25.7 Å². The normalized spacial score (nSPS) is 7.50. The van der Waals surface area contributed by atoms with Crippen LogP contribution in [0.15, 0.2) is 25.7 Å². The van der Waals surface area contributed by atoms with Crippen molar-refractivity contribution in [2.24, 2.45) is 0 Å². The molecule has 0 aromatic carbocycles. The Morgan fingerprint density at radius 3 is 1.92 bits per heavy atom. The minimum atomic E-state index is 0.726. The third-order valence-corrected chi connectivity index (χ3v) is 1.02. The van der Waals surface area contributed by atoms with Crippen molar-refractivity contribution >= 4 is 0 Å². The molecule has 0 rings (SSSR count). The quantitative estimate of drug-likeness (QED) is 0.452. The third-order valence-electron chi connectivity index (χ3n) is 1.02. The lowest BCUT2D eigenvalue weighted by molar-refractivity contribution is 0.245. The topological polar surface area (TPSA) is 18.5 Å².